The van der Waals surface area contributed by atoms with Crippen LogP contribution >= 0.6 is 0 Å². The smallest absolute Gasteiger partial charge is 0.130 e. The Kier molecular flexibility index (Phi) is 2.26. The highest BCUT2D eigenvalue weighted by atomic mass is 16.5. The van der Waals surface area contributed by atoms with E-state index in [0.29, 0.717) is 19.0 Å². The van der Waals surface area contributed by atoms with E-state index in [0.717, 1.165) is 23.4 Å². The molecule has 0 atom stereocenters. The van der Waals surface area contributed by atoms with Gasteiger partial charge in [0.2, 0.25) is 0 Å². The first-order valence-corrected chi connectivity index (χ1v) is 5.49. The molecule has 2 heterocycles. The maximum atomic E-state index is 9.46. The maximum absolute atomic E-state index is 9.46. The Morgan fingerprint density at radius 3 is 3.06 bits per heavy atom. The number of hydrogen-bond acceptors (Lipinski definition) is 4. The summed E-state index contributed by atoms with van der Waals surface area (Å²) in [6.07, 6.45) is 0.792. The van der Waals surface area contributed by atoms with Crippen LogP contribution in [-0.2, 0) is 17.8 Å². The molecular formula is C12H13N3O2. The van der Waals surface area contributed by atoms with Gasteiger partial charge in [0.1, 0.15) is 11.6 Å². The number of hydrogen-bond donors (Lipinski definition) is 2. The molecule has 2 aromatic rings. The lowest BCUT2D eigenvalue weighted by molar-refractivity contribution is 0.108. The van der Waals surface area contributed by atoms with Crippen molar-refractivity contribution in [3.05, 3.63) is 35.5 Å². The zero-order chi connectivity index (χ0) is 11.8. The normalized spacial score (nSPS) is 14.6. The lowest BCUT2D eigenvalue weighted by Gasteiger charge is -2.10. The van der Waals surface area contributed by atoms with Gasteiger partial charge in [0.25, 0.3) is 0 Å². The van der Waals surface area contributed by atoms with Crippen LogP contribution in [0.25, 0.3) is 5.69 Å². The zero-order valence-electron chi connectivity index (χ0n) is 9.26. The first kappa shape index (κ1) is 10.2. The number of rotatable bonds is 1. The van der Waals surface area contributed by atoms with Crippen molar-refractivity contribution in [2.75, 3.05) is 12.3 Å². The number of aromatic nitrogens is 2. The minimum atomic E-state index is 0.201. The van der Waals surface area contributed by atoms with Gasteiger partial charge in [-0.3, -0.25) is 0 Å². The number of ether oxygens (including phenoxy) is 1. The largest absolute Gasteiger partial charge is 0.508 e. The average Bonchev–Trinajstić information content (AvgIpc) is 2.68. The lowest BCUT2D eigenvalue weighted by atomic mass is 10.1. The van der Waals surface area contributed by atoms with Gasteiger partial charge < -0.3 is 15.6 Å². The Bertz CT molecular complexity index is 563. The fourth-order valence-electron chi connectivity index (χ4n) is 2.06. The minimum Gasteiger partial charge on any atom is -0.508 e. The van der Waals surface area contributed by atoms with Crippen LogP contribution in [0, 0.1) is 0 Å². The summed E-state index contributed by atoms with van der Waals surface area (Å²) in [6.45, 7) is 1.19. The Balaban J connectivity index is 2.12. The van der Waals surface area contributed by atoms with Crippen molar-refractivity contribution in [3.8, 4) is 11.4 Å². The van der Waals surface area contributed by atoms with Crippen molar-refractivity contribution in [2.45, 2.75) is 13.0 Å². The van der Waals surface area contributed by atoms with Crippen LogP contribution in [0.4, 0.5) is 5.82 Å². The van der Waals surface area contributed by atoms with Crippen molar-refractivity contribution < 1.29 is 9.84 Å². The number of fused-ring (bicyclic) bond motifs is 1. The summed E-state index contributed by atoms with van der Waals surface area (Å²) in [4.78, 5) is 0. The zero-order valence-corrected chi connectivity index (χ0v) is 9.26. The van der Waals surface area contributed by atoms with Gasteiger partial charge in [0, 0.05) is 18.1 Å². The molecule has 5 nitrogen and oxygen atoms in total. The number of phenols is 1. The molecular weight excluding hydrogens is 218 g/mol. The quantitative estimate of drug-likeness (QED) is 0.774. The van der Waals surface area contributed by atoms with E-state index in [2.05, 4.69) is 5.10 Å². The topological polar surface area (TPSA) is 73.3 Å². The number of aromatic hydroxyl groups is 1. The van der Waals surface area contributed by atoms with Gasteiger partial charge in [0.15, 0.2) is 0 Å². The van der Waals surface area contributed by atoms with E-state index in [1.165, 1.54) is 0 Å². The summed E-state index contributed by atoms with van der Waals surface area (Å²) in [5, 5.41) is 13.9. The molecule has 5 heteroatoms. The van der Waals surface area contributed by atoms with Crippen LogP contribution in [0.3, 0.4) is 0 Å². The van der Waals surface area contributed by atoms with E-state index in [4.69, 9.17) is 10.5 Å². The summed E-state index contributed by atoms with van der Waals surface area (Å²) in [5.74, 6) is 0.834. The average molecular weight is 231 g/mol. The fourth-order valence-corrected chi connectivity index (χ4v) is 2.06. The molecule has 0 spiro atoms. The number of phenolic OH excluding ortho intramolecular Hbond substituents is 1. The van der Waals surface area contributed by atoms with Crippen LogP contribution in [0.1, 0.15) is 11.3 Å². The van der Waals surface area contributed by atoms with Gasteiger partial charge >= 0.3 is 0 Å². The van der Waals surface area contributed by atoms with E-state index in [9.17, 15) is 5.11 Å². The maximum Gasteiger partial charge on any atom is 0.130 e. The molecule has 0 saturated carbocycles. The van der Waals surface area contributed by atoms with Crippen LogP contribution in [-0.4, -0.2) is 21.5 Å². The Hall–Kier alpha value is -2.01. The standard InChI is InChI=1S/C12H13N3O2/c13-12-10-4-5-17-7-11(10)14-15(12)8-2-1-3-9(16)6-8/h1-3,6,16H,4-5,7,13H2. The molecule has 1 aliphatic rings. The van der Waals surface area contributed by atoms with Crippen LogP contribution < -0.4 is 5.73 Å². The molecule has 17 heavy (non-hydrogen) atoms. The molecule has 0 fully saturated rings. The van der Waals surface area contributed by atoms with E-state index in [-0.39, 0.29) is 5.75 Å². The van der Waals surface area contributed by atoms with Gasteiger partial charge in [-0.15, -0.1) is 0 Å². The third-order valence-corrected chi connectivity index (χ3v) is 2.92. The highest BCUT2D eigenvalue weighted by molar-refractivity contribution is 5.51. The summed E-state index contributed by atoms with van der Waals surface area (Å²) in [7, 11) is 0. The molecule has 3 N–H and O–H groups in total. The lowest BCUT2D eigenvalue weighted by Crippen LogP contribution is -2.09. The molecule has 1 aromatic heterocycles. The summed E-state index contributed by atoms with van der Waals surface area (Å²) in [5.41, 5.74) is 8.77. The number of anilines is 1. The van der Waals surface area contributed by atoms with Gasteiger partial charge in [-0.1, -0.05) is 6.07 Å². The molecule has 1 aromatic carbocycles. The molecule has 3 rings (SSSR count). The van der Waals surface area contributed by atoms with Crippen molar-refractivity contribution in [2.24, 2.45) is 0 Å². The van der Waals surface area contributed by atoms with E-state index >= 15 is 0 Å². The van der Waals surface area contributed by atoms with E-state index < -0.39 is 0 Å². The minimum absolute atomic E-state index is 0.201. The molecule has 0 saturated heterocycles. The van der Waals surface area contributed by atoms with Crippen LogP contribution in [0.15, 0.2) is 24.3 Å². The van der Waals surface area contributed by atoms with Crippen molar-refractivity contribution >= 4 is 5.82 Å². The molecule has 88 valence electrons. The summed E-state index contributed by atoms with van der Waals surface area (Å²) in [6, 6.07) is 6.87. The third kappa shape index (κ3) is 1.64. The Labute approximate surface area is 98.4 Å². The van der Waals surface area contributed by atoms with E-state index in [1.54, 1.807) is 22.9 Å². The Morgan fingerprint density at radius 1 is 1.41 bits per heavy atom. The highest BCUT2D eigenvalue weighted by Crippen LogP contribution is 2.26. The second-order valence-corrected chi connectivity index (χ2v) is 4.04. The molecule has 1 aliphatic heterocycles. The second kappa shape index (κ2) is 3.78. The number of nitrogen functional groups attached to an aromatic ring is 1. The predicted molar refractivity (Wildman–Crippen MR) is 63.0 cm³/mol. The third-order valence-electron chi connectivity index (χ3n) is 2.92. The van der Waals surface area contributed by atoms with E-state index in [1.807, 2.05) is 6.07 Å². The van der Waals surface area contributed by atoms with Crippen molar-refractivity contribution in [1.29, 1.82) is 0 Å². The van der Waals surface area contributed by atoms with Gasteiger partial charge in [0.05, 0.1) is 24.6 Å². The number of nitrogens with two attached hydrogens (primary N) is 1. The predicted octanol–water partition coefficient (Wildman–Crippen LogP) is 1.23. The number of nitrogens with zero attached hydrogens (tertiary/aromatic N) is 2. The highest BCUT2D eigenvalue weighted by Gasteiger charge is 2.19. The first-order valence-electron chi connectivity index (χ1n) is 5.49. The van der Waals surface area contributed by atoms with Gasteiger partial charge in [-0.05, 0) is 12.1 Å². The summed E-state index contributed by atoms with van der Waals surface area (Å²) >= 11 is 0. The fraction of sp³-hybridized carbons (Fsp3) is 0.250. The monoisotopic (exact) mass is 231 g/mol. The first-order chi connectivity index (χ1) is 8.25. The Morgan fingerprint density at radius 2 is 2.29 bits per heavy atom. The second-order valence-electron chi connectivity index (χ2n) is 4.04. The molecule has 0 radical (unpaired) electrons. The van der Waals surface area contributed by atoms with Crippen LogP contribution in [0.5, 0.6) is 5.75 Å². The molecule has 0 bridgehead atoms. The van der Waals surface area contributed by atoms with Gasteiger partial charge in [-0.2, -0.15) is 5.10 Å². The molecule has 0 unspecified atom stereocenters. The van der Waals surface area contributed by atoms with Crippen molar-refractivity contribution in [1.82, 2.24) is 9.78 Å². The molecule has 0 amide bonds. The summed E-state index contributed by atoms with van der Waals surface area (Å²) < 4.78 is 6.99. The molecule has 0 aliphatic carbocycles. The SMILES string of the molecule is Nc1c2c(nn1-c1cccc(O)c1)COCC2. The van der Waals surface area contributed by atoms with Crippen molar-refractivity contribution in [3.63, 3.8) is 0 Å². The van der Waals surface area contributed by atoms with Crippen LogP contribution in [0.2, 0.25) is 0 Å². The van der Waals surface area contributed by atoms with Gasteiger partial charge in [-0.25, -0.2) is 4.68 Å². The number of benzene rings is 1.